The fourth-order valence-corrected chi connectivity index (χ4v) is 6.56. The number of aromatic amines is 1. The highest BCUT2D eigenvalue weighted by Crippen LogP contribution is 2.50. The quantitative estimate of drug-likeness (QED) is 0.176. The topological polar surface area (TPSA) is 230 Å². The Balaban J connectivity index is 1.92. The Morgan fingerprint density at radius 2 is 1.62 bits per heavy atom. The molecule has 0 bridgehead atoms. The minimum atomic E-state index is -4.18. The van der Waals surface area contributed by atoms with E-state index in [9.17, 15) is 41.7 Å². The molecule has 3 heterocycles. The number of aliphatic hydroxyl groups excluding tert-OH is 3. The van der Waals surface area contributed by atoms with E-state index in [4.69, 9.17) is 34.2 Å². The molecule has 2 aliphatic heterocycles. The Labute approximate surface area is 263 Å². The molecule has 0 saturated carbocycles. The highest BCUT2D eigenvalue weighted by molar-refractivity contribution is 7.86. The van der Waals surface area contributed by atoms with Crippen molar-refractivity contribution >= 4 is 31.8 Å². The second kappa shape index (κ2) is 13.5. The van der Waals surface area contributed by atoms with E-state index in [1.54, 1.807) is 24.3 Å². The monoisotopic (exact) mass is 698 g/mol. The Morgan fingerprint density at radius 3 is 2.13 bits per heavy atom. The SMILES string of the molecule is Cc1cn([C@@]2(C3OC(COS(C)(=O)=O)(COS(C)(=O)=O)[C@@H](OCc4ccc(Cl)cc4)[C@H]3CO)C[C@H](O)[C@@H](CO)O2)c(=O)[nH]c1=O. The molecule has 0 spiro atoms. The van der Waals surface area contributed by atoms with Crippen LogP contribution in [0.4, 0.5) is 0 Å². The van der Waals surface area contributed by atoms with E-state index < -0.39 is 106 Å². The zero-order valence-corrected chi connectivity index (χ0v) is 26.9. The van der Waals surface area contributed by atoms with Crippen molar-refractivity contribution in [2.24, 2.45) is 5.92 Å². The summed E-state index contributed by atoms with van der Waals surface area (Å²) >= 11 is 5.99. The molecule has 252 valence electrons. The van der Waals surface area contributed by atoms with Gasteiger partial charge in [0, 0.05) is 29.1 Å². The van der Waals surface area contributed by atoms with Crippen LogP contribution in [0.25, 0.3) is 0 Å². The van der Waals surface area contributed by atoms with Gasteiger partial charge in [0.15, 0.2) is 5.72 Å². The van der Waals surface area contributed by atoms with Gasteiger partial charge in [-0.05, 0) is 24.6 Å². The minimum Gasteiger partial charge on any atom is -0.396 e. The van der Waals surface area contributed by atoms with Gasteiger partial charge in [-0.2, -0.15) is 16.8 Å². The normalized spacial score (nSPS) is 28.5. The highest BCUT2D eigenvalue weighted by atomic mass is 35.5. The lowest BCUT2D eigenvalue weighted by Gasteiger charge is -2.39. The first-order valence-electron chi connectivity index (χ1n) is 13.6. The maximum absolute atomic E-state index is 13.2. The molecule has 2 aliphatic rings. The lowest BCUT2D eigenvalue weighted by molar-refractivity contribution is -0.223. The fourth-order valence-electron chi connectivity index (χ4n) is 5.61. The number of ether oxygens (including phenoxy) is 3. The number of aromatic nitrogens is 2. The molecule has 16 nitrogen and oxygen atoms in total. The number of halogens is 1. The summed E-state index contributed by atoms with van der Waals surface area (Å²) < 4.78 is 78.5. The smallest absolute Gasteiger partial charge is 0.330 e. The van der Waals surface area contributed by atoms with Crippen LogP contribution >= 0.6 is 11.6 Å². The van der Waals surface area contributed by atoms with Crippen LogP contribution < -0.4 is 11.2 Å². The van der Waals surface area contributed by atoms with Crippen molar-refractivity contribution in [2.45, 2.75) is 55.7 Å². The van der Waals surface area contributed by atoms with Crippen LogP contribution in [0.5, 0.6) is 0 Å². The van der Waals surface area contributed by atoms with Gasteiger partial charge in [-0.1, -0.05) is 23.7 Å². The average molecular weight is 699 g/mol. The largest absolute Gasteiger partial charge is 0.396 e. The molecule has 4 rings (SSSR count). The predicted molar refractivity (Wildman–Crippen MR) is 156 cm³/mol. The summed E-state index contributed by atoms with van der Waals surface area (Å²) in [5, 5.41) is 32.1. The number of nitrogens with one attached hydrogen (secondary N) is 1. The molecule has 2 saturated heterocycles. The van der Waals surface area contributed by atoms with Crippen molar-refractivity contribution in [3.8, 4) is 0 Å². The van der Waals surface area contributed by atoms with Crippen molar-refractivity contribution in [3.63, 3.8) is 0 Å². The predicted octanol–water partition coefficient (Wildman–Crippen LogP) is -1.42. The van der Waals surface area contributed by atoms with Crippen LogP contribution in [0.3, 0.4) is 0 Å². The molecule has 0 amide bonds. The van der Waals surface area contributed by atoms with Gasteiger partial charge in [-0.25, -0.2) is 4.79 Å². The number of hydrogen-bond acceptors (Lipinski definition) is 14. The van der Waals surface area contributed by atoms with Gasteiger partial charge in [0.1, 0.15) is 31.0 Å². The van der Waals surface area contributed by atoms with Crippen LogP contribution in [0.15, 0.2) is 40.1 Å². The van der Waals surface area contributed by atoms with Gasteiger partial charge < -0.3 is 29.5 Å². The van der Waals surface area contributed by atoms with Crippen molar-refractivity contribution in [3.05, 3.63) is 67.4 Å². The Hall–Kier alpha value is -2.23. The Kier molecular flexibility index (Phi) is 10.7. The van der Waals surface area contributed by atoms with Gasteiger partial charge >= 0.3 is 5.69 Å². The number of benzene rings is 1. The maximum atomic E-state index is 13.2. The molecular weight excluding hydrogens is 664 g/mol. The third-order valence-corrected chi connectivity index (χ3v) is 9.03. The van der Waals surface area contributed by atoms with E-state index in [0.717, 1.165) is 23.3 Å². The third kappa shape index (κ3) is 7.84. The van der Waals surface area contributed by atoms with Gasteiger partial charge in [-0.3, -0.25) is 22.7 Å². The second-order valence-electron chi connectivity index (χ2n) is 11.1. The number of rotatable bonds is 13. The lowest BCUT2D eigenvalue weighted by Crippen LogP contribution is -2.55. The van der Waals surface area contributed by atoms with Crippen LogP contribution in [-0.2, 0) is 55.1 Å². The molecule has 4 N–H and O–H groups in total. The van der Waals surface area contributed by atoms with E-state index in [1.807, 2.05) is 0 Å². The number of nitrogens with zero attached hydrogens (tertiary/aromatic N) is 1. The maximum Gasteiger partial charge on any atom is 0.330 e. The zero-order valence-electron chi connectivity index (χ0n) is 24.5. The first kappa shape index (κ1) is 35.6. The molecule has 19 heteroatoms. The van der Waals surface area contributed by atoms with Crippen LogP contribution in [0, 0.1) is 12.8 Å². The van der Waals surface area contributed by atoms with E-state index in [-0.39, 0.29) is 12.2 Å². The lowest BCUT2D eigenvalue weighted by atomic mass is 9.84. The van der Waals surface area contributed by atoms with E-state index in [2.05, 4.69) is 4.98 Å². The molecule has 45 heavy (non-hydrogen) atoms. The van der Waals surface area contributed by atoms with Crippen molar-refractivity contribution < 1.29 is 54.7 Å². The van der Waals surface area contributed by atoms with Crippen LogP contribution in [-0.4, -0.2) is 111 Å². The van der Waals surface area contributed by atoms with Gasteiger partial charge in [0.05, 0.1) is 44.5 Å². The third-order valence-electron chi connectivity index (χ3n) is 7.68. The minimum absolute atomic E-state index is 0.0562. The fraction of sp³-hybridized carbons (Fsp3) is 0.615. The number of aryl methyl sites for hydroxylation is 1. The van der Waals surface area contributed by atoms with Gasteiger partial charge in [-0.15, -0.1) is 0 Å². The summed E-state index contributed by atoms with van der Waals surface area (Å²) in [7, 11) is -8.36. The molecule has 6 atom stereocenters. The highest BCUT2D eigenvalue weighted by Gasteiger charge is 2.66. The molecule has 1 aromatic carbocycles. The number of hydrogen-bond donors (Lipinski definition) is 4. The van der Waals surface area contributed by atoms with E-state index in [0.29, 0.717) is 10.6 Å². The molecule has 0 aliphatic carbocycles. The van der Waals surface area contributed by atoms with Crippen molar-refractivity contribution in [1.29, 1.82) is 0 Å². The zero-order chi connectivity index (χ0) is 33.4. The molecule has 0 radical (unpaired) electrons. The van der Waals surface area contributed by atoms with Gasteiger partial charge in [0.25, 0.3) is 25.8 Å². The summed E-state index contributed by atoms with van der Waals surface area (Å²) in [6.07, 6.45) is -3.36. The Morgan fingerprint density at radius 1 is 1.02 bits per heavy atom. The molecule has 2 fully saturated rings. The average Bonchev–Trinajstić information content (AvgIpc) is 3.47. The first-order chi connectivity index (χ1) is 20.9. The molecule has 1 aromatic heterocycles. The number of aliphatic hydroxyl groups is 3. The first-order valence-corrected chi connectivity index (χ1v) is 17.6. The van der Waals surface area contributed by atoms with E-state index >= 15 is 0 Å². The summed E-state index contributed by atoms with van der Waals surface area (Å²) in [6, 6.07) is 6.45. The summed E-state index contributed by atoms with van der Waals surface area (Å²) in [5.41, 5.74) is -5.23. The standard InChI is InChI=1S/C26H35ClN2O14S2/c1-15-9-29(24(34)28-23(15)33)26(8-19(32)20(11-31)42-26)22-18(10-30)21(39-12-16-4-6-17(27)7-5-16)25(43-22,13-40-44(2,35)36)14-41-45(3,37)38/h4-7,9,18-22,30-32H,8,10-14H2,1-3H3,(H,28,33,34)/t18-,19+,20-,21+,22?,26+/m1/s1. The molecular formula is C26H35ClN2O14S2. The van der Waals surface area contributed by atoms with Crippen molar-refractivity contribution in [2.75, 3.05) is 38.9 Å². The summed E-state index contributed by atoms with van der Waals surface area (Å²) in [5.74, 6) is -1.24. The van der Waals surface area contributed by atoms with Gasteiger partial charge in [0.2, 0.25) is 0 Å². The molecule has 1 unspecified atom stereocenters. The second-order valence-corrected chi connectivity index (χ2v) is 14.9. The summed E-state index contributed by atoms with van der Waals surface area (Å²) in [6.45, 7) is -1.99. The van der Waals surface area contributed by atoms with Crippen LogP contribution in [0.2, 0.25) is 5.02 Å². The summed E-state index contributed by atoms with van der Waals surface area (Å²) in [4.78, 5) is 27.6. The van der Waals surface area contributed by atoms with Crippen molar-refractivity contribution in [1.82, 2.24) is 9.55 Å². The van der Waals surface area contributed by atoms with E-state index in [1.165, 1.54) is 6.92 Å². The number of H-pyrrole nitrogens is 1. The Bertz CT molecular complexity index is 1660. The molecule has 2 aromatic rings. The van der Waals surface area contributed by atoms with Crippen LogP contribution in [0.1, 0.15) is 17.5 Å².